The summed E-state index contributed by atoms with van der Waals surface area (Å²) in [6, 6.07) is 0. The Labute approximate surface area is 63.3 Å². The van der Waals surface area contributed by atoms with Crippen LogP contribution in [-0.2, 0) is 0 Å². The van der Waals surface area contributed by atoms with Gasteiger partial charge in [-0.1, -0.05) is 11.1 Å². The maximum atomic E-state index is 2.34. The Hall–Kier alpha value is -0.260. The second-order valence-electron chi connectivity index (χ2n) is 3.91. The molecule has 0 heterocycles. The van der Waals surface area contributed by atoms with Gasteiger partial charge in [0.2, 0.25) is 0 Å². The summed E-state index contributed by atoms with van der Waals surface area (Å²) in [7, 11) is 0. The van der Waals surface area contributed by atoms with Crippen molar-refractivity contribution in [3.8, 4) is 0 Å². The predicted octanol–water partition coefficient (Wildman–Crippen LogP) is 3.14. The van der Waals surface area contributed by atoms with Crippen LogP contribution in [0.1, 0.15) is 39.5 Å². The Kier molecular flexibility index (Phi) is 1.36. The second-order valence-corrected chi connectivity index (χ2v) is 3.91. The van der Waals surface area contributed by atoms with Gasteiger partial charge < -0.3 is 0 Å². The minimum Gasteiger partial charge on any atom is -0.0710 e. The maximum Gasteiger partial charge on any atom is -0.0203 e. The quantitative estimate of drug-likeness (QED) is 0.511. The molecule has 0 aromatic carbocycles. The van der Waals surface area contributed by atoms with Crippen molar-refractivity contribution in [2.24, 2.45) is 11.8 Å². The summed E-state index contributed by atoms with van der Waals surface area (Å²) in [4.78, 5) is 0. The summed E-state index contributed by atoms with van der Waals surface area (Å²) >= 11 is 0. The smallest absolute Gasteiger partial charge is 0.0203 e. The summed E-state index contributed by atoms with van der Waals surface area (Å²) in [6.45, 7) is 4.68. The Morgan fingerprint density at radius 1 is 0.800 bits per heavy atom. The zero-order valence-electron chi connectivity index (χ0n) is 6.98. The summed E-state index contributed by atoms with van der Waals surface area (Å²) in [5.41, 5.74) is 3.45. The van der Waals surface area contributed by atoms with E-state index < -0.39 is 0 Å². The van der Waals surface area contributed by atoms with E-state index in [9.17, 15) is 0 Å². The molecule has 0 aromatic rings. The van der Waals surface area contributed by atoms with Gasteiger partial charge in [-0.15, -0.1) is 0 Å². The fourth-order valence-electron chi connectivity index (χ4n) is 1.68. The molecule has 0 N–H and O–H groups in total. The van der Waals surface area contributed by atoms with E-state index in [0.717, 1.165) is 11.8 Å². The molecule has 0 aromatic heterocycles. The number of rotatable bonds is 2. The van der Waals surface area contributed by atoms with Crippen LogP contribution in [0.5, 0.6) is 0 Å². The molecule has 10 heavy (non-hydrogen) atoms. The zero-order valence-corrected chi connectivity index (χ0v) is 6.98. The fraction of sp³-hybridized carbons (Fsp3) is 0.800. The molecule has 0 atom stereocenters. The van der Waals surface area contributed by atoms with Crippen LogP contribution in [-0.4, -0.2) is 0 Å². The average Bonchev–Trinajstić information content (AvgIpc) is 2.73. The van der Waals surface area contributed by atoms with Gasteiger partial charge in [-0.3, -0.25) is 0 Å². The predicted molar refractivity (Wildman–Crippen MR) is 43.8 cm³/mol. The topological polar surface area (TPSA) is 0 Å². The third-order valence-corrected chi connectivity index (χ3v) is 3.00. The molecule has 0 saturated heterocycles. The highest BCUT2D eigenvalue weighted by molar-refractivity contribution is 5.22. The molecule has 0 nitrogen and oxygen atoms in total. The van der Waals surface area contributed by atoms with Crippen molar-refractivity contribution in [1.82, 2.24) is 0 Å². The maximum absolute atomic E-state index is 2.34. The lowest BCUT2D eigenvalue weighted by Gasteiger charge is -2.03. The minimum atomic E-state index is 1.00. The first-order valence-corrected chi connectivity index (χ1v) is 4.46. The Balaban J connectivity index is 2.07. The van der Waals surface area contributed by atoms with E-state index in [2.05, 4.69) is 13.8 Å². The molecule has 0 amide bonds. The summed E-state index contributed by atoms with van der Waals surface area (Å²) in [6.07, 6.45) is 5.87. The third kappa shape index (κ3) is 1.12. The number of hydrogen-bond donors (Lipinski definition) is 0. The van der Waals surface area contributed by atoms with E-state index in [1.807, 2.05) is 0 Å². The highest BCUT2D eigenvalue weighted by atomic mass is 14.4. The van der Waals surface area contributed by atoms with Gasteiger partial charge >= 0.3 is 0 Å². The number of allylic oxidation sites excluding steroid dienone is 2. The first-order valence-electron chi connectivity index (χ1n) is 4.46. The molecular weight excluding hydrogens is 120 g/mol. The van der Waals surface area contributed by atoms with Gasteiger partial charge in [-0.25, -0.2) is 0 Å². The third-order valence-electron chi connectivity index (χ3n) is 3.00. The molecule has 0 spiro atoms. The van der Waals surface area contributed by atoms with Crippen molar-refractivity contribution in [3.05, 3.63) is 11.1 Å². The monoisotopic (exact) mass is 136 g/mol. The van der Waals surface area contributed by atoms with E-state index >= 15 is 0 Å². The molecule has 2 rings (SSSR count). The first kappa shape index (κ1) is 6.45. The lowest BCUT2D eigenvalue weighted by Crippen LogP contribution is -1.87. The second kappa shape index (κ2) is 2.11. The molecule has 0 aliphatic heterocycles. The van der Waals surface area contributed by atoms with Crippen molar-refractivity contribution in [3.63, 3.8) is 0 Å². The van der Waals surface area contributed by atoms with Crippen molar-refractivity contribution in [2.45, 2.75) is 39.5 Å². The lowest BCUT2D eigenvalue weighted by atomic mass is 10.0. The van der Waals surface area contributed by atoms with Crippen LogP contribution in [0, 0.1) is 11.8 Å². The van der Waals surface area contributed by atoms with Crippen LogP contribution in [0.15, 0.2) is 11.1 Å². The Morgan fingerprint density at radius 3 is 1.30 bits per heavy atom. The van der Waals surface area contributed by atoms with Crippen LogP contribution < -0.4 is 0 Å². The number of hydrogen-bond acceptors (Lipinski definition) is 0. The molecule has 2 aliphatic carbocycles. The Morgan fingerprint density at radius 2 is 1.10 bits per heavy atom. The largest absolute Gasteiger partial charge is 0.0710 e. The van der Waals surface area contributed by atoms with Crippen LogP contribution >= 0.6 is 0 Å². The molecular formula is C10H16. The highest BCUT2D eigenvalue weighted by Gasteiger charge is 2.30. The van der Waals surface area contributed by atoms with Crippen LogP contribution in [0.2, 0.25) is 0 Å². The van der Waals surface area contributed by atoms with E-state index in [4.69, 9.17) is 0 Å². The molecule has 0 unspecified atom stereocenters. The zero-order chi connectivity index (χ0) is 7.14. The van der Waals surface area contributed by atoms with Gasteiger partial charge in [-0.05, 0) is 51.4 Å². The van der Waals surface area contributed by atoms with E-state index in [1.165, 1.54) is 25.7 Å². The minimum absolute atomic E-state index is 1.00. The molecule has 0 bridgehead atoms. The van der Waals surface area contributed by atoms with Gasteiger partial charge in [0.1, 0.15) is 0 Å². The van der Waals surface area contributed by atoms with Gasteiger partial charge in [-0.2, -0.15) is 0 Å². The van der Waals surface area contributed by atoms with Crippen LogP contribution in [0.3, 0.4) is 0 Å². The summed E-state index contributed by atoms with van der Waals surface area (Å²) < 4.78 is 0. The highest BCUT2D eigenvalue weighted by Crippen LogP contribution is 2.44. The standard InChI is InChI=1S/C10H16/c1-7(9-3-4-9)8(2)10-5-6-10/h9-10H,3-6H2,1-2H3/b8-7+. The summed E-state index contributed by atoms with van der Waals surface area (Å²) in [5, 5.41) is 0. The van der Waals surface area contributed by atoms with Crippen molar-refractivity contribution < 1.29 is 0 Å². The Bertz CT molecular complexity index is 148. The van der Waals surface area contributed by atoms with Crippen LogP contribution in [0.4, 0.5) is 0 Å². The molecule has 2 saturated carbocycles. The average molecular weight is 136 g/mol. The van der Waals surface area contributed by atoms with Crippen molar-refractivity contribution >= 4 is 0 Å². The van der Waals surface area contributed by atoms with Crippen molar-refractivity contribution in [2.75, 3.05) is 0 Å². The molecule has 0 heteroatoms. The fourth-order valence-corrected chi connectivity index (χ4v) is 1.68. The van der Waals surface area contributed by atoms with E-state index in [1.54, 1.807) is 11.1 Å². The van der Waals surface area contributed by atoms with E-state index in [-0.39, 0.29) is 0 Å². The molecule has 56 valence electrons. The van der Waals surface area contributed by atoms with Crippen LogP contribution in [0.25, 0.3) is 0 Å². The SMILES string of the molecule is C/C(=C(/C)C1CC1)C1CC1. The normalized spacial score (nSPS) is 28.2. The van der Waals surface area contributed by atoms with Crippen molar-refractivity contribution in [1.29, 1.82) is 0 Å². The molecule has 2 fully saturated rings. The molecule has 0 radical (unpaired) electrons. The van der Waals surface area contributed by atoms with Gasteiger partial charge in [0.05, 0.1) is 0 Å². The van der Waals surface area contributed by atoms with Gasteiger partial charge in [0.15, 0.2) is 0 Å². The summed E-state index contributed by atoms with van der Waals surface area (Å²) in [5.74, 6) is 2.00. The first-order chi connectivity index (χ1) is 4.79. The van der Waals surface area contributed by atoms with E-state index in [0.29, 0.717) is 0 Å². The van der Waals surface area contributed by atoms with Gasteiger partial charge in [0, 0.05) is 0 Å². The lowest BCUT2D eigenvalue weighted by molar-refractivity contribution is 0.894. The molecule has 2 aliphatic rings. The van der Waals surface area contributed by atoms with Gasteiger partial charge in [0.25, 0.3) is 0 Å².